The van der Waals surface area contributed by atoms with Crippen molar-refractivity contribution in [3.05, 3.63) is 46.5 Å². The average molecular weight is 290 g/mol. The minimum absolute atomic E-state index is 0.185. The van der Waals surface area contributed by atoms with Crippen molar-refractivity contribution < 1.29 is 9.72 Å². The Morgan fingerprint density at radius 3 is 2.52 bits per heavy atom. The molecule has 0 aliphatic carbocycles. The Balaban J connectivity index is 2.17. The molecule has 108 valence electrons. The molecule has 2 heterocycles. The Morgan fingerprint density at radius 1 is 1.24 bits per heavy atom. The lowest BCUT2D eigenvalue weighted by Gasteiger charge is -2.09. The molecule has 0 spiro atoms. The van der Waals surface area contributed by atoms with Crippen LogP contribution in [0.15, 0.2) is 30.9 Å². The number of hydrogen-bond donors (Lipinski definition) is 4. The minimum Gasteiger partial charge on any atom is -0.303 e. The third-order valence-electron chi connectivity index (χ3n) is 2.38. The largest absolute Gasteiger partial charge is 0.356 e. The fourth-order valence-corrected chi connectivity index (χ4v) is 1.44. The molecule has 0 atom stereocenters. The van der Waals surface area contributed by atoms with Gasteiger partial charge in [0.25, 0.3) is 5.91 Å². The van der Waals surface area contributed by atoms with Gasteiger partial charge in [-0.25, -0.2) is 15.8 Å². The second-order valence-corrected chi connectivity index (χ2v) is 3.64. The Morgan fingerprint density at radius 2 is 1.90 bits per heavy atom. The predicted octanol–water partition coefficient (Wildman–Crippen LogP) is -0.178. The van der Waals surface area contributed by atoms with Gasteiger partial charge >= 0.3 is 5.69 Å². The van der Waals surface area contributed by atoms with Gasteiger partial charge in [0.05, 0.1) is 4.92 Å². The molecule has 1 amide bonds. The number of carbonyl (C=O) groups excluding carboxylic acids is 1. The highest BCUT2D eigenvalue weighted by molar-refractivity contribution is 5.94. The summed E-state index contributed by atoms with van der Waals surface area (Å²) >= 11 is 0. The molecule has 0 aliphatic rings. The predicted molar refractivity (Wildman–Crippen MR) is 71.8 cm³/mol. The number of aromatic nitrogens is 3. The van der Waals surface area contributed by atoms with Crippen LogP contribution in [0.1, 0.15) is 10.4 Å². The van der Waals surface area contributed by atoms with Crippen LogP contribution < -0.4 is 22.1 Å². The number of anilines is 2. The van der Waals surface area contributed by atoms with Crippen molar-refractivity contribution in [3.8, 4) is 0 Å². The monoisotopic (exact) mass is 290 g/mol. The number of amides is 1. The summed E-state index contributed by atoms with van der Waals surface area (Å²) in [5.41, 5.74) is 6.56. The number of nitrogen functional groups attached to an aromatic ring is 1. The lowest BCUT2D eigenvalue weighted by atomic mass is 10.3. The summed E-state index contributed by atoms with van der Waals surface area (Å²) in [6.45, 7) is 0. The normalized spacial score (nSPS) is 9.76. The number of nitro groups is 1. The third-order valence-corrected chi connectivity index (χ3v) is 2.38. The molecule has 11 heteroatoms. The molecule has 11 nitrogen and oxygen atoms in total. The summed E-state index contributed by atoms with van der Waals surface area (Å²) in [4.78, 5) is 33.1. The van der Waals surface area contributed by atoms with Crippen molar-refractivity contribution in [2.45, 2.75) is 0 Å². The zero-order valence-electron chi connectivity index (χ0n) is 10.5. The highest BCUT2D eigenvalue weighted by atomic mass is 16.6. The SMILES string of the molecule is NNc1ncnc(NNC(=O)c2ccncc2)c1[N+](=O)[O-]. The fraction of sp³-hybridized carbons (Fsp3) is 0. The van der Waals surface area contributed by atoms with Gasteiger partial charge < -0.3 is 5.43 Å². The van der Waals surface area contributed by atoms with Gasteiger partial charge in [0, 0.05) is 18.0 Å². The number of pyridine rings is 1. The quantitative estimate of drug-likeness (QED) is 0.332. The smallest absolute Gasteiger partial charge is 0.303 e. The van der Waals surface area contributed by atoms with Gasteiger partial charge in [-0.1, -0.05) is 0 Å². The second-order valence-electron chi connectivity index (χ2n) is 3.64. The summed E-state index contributed by atoms with van der Waals surface area (Å²) in [7, 11) is 0. The summed E-state index contributed by atoms with van der Waals surface area (Å²) in [5, 5.41) is 11.0. The van der Waals surface area contributed by atoms with Crippen LogP contribution in [0, 0.1) is 10.1 Å². The molecule has 0 saturated carbocycles. The number of nitrogens with zero attached hydrogens (tertiary/aromatic N) is 4. The van der Waals surface area contributed by atoms with Gasteiger partial charge in [0.1, 0.15) is 6.33 Å². The molecule has 0 fully saturated rings. The molecule has 2 aromatic rings. The molecular weight excluding hydrogens is 280 g/mol. The van der Waals surface area contributed by atoms with E-state index in [2.05, 4.69) is 31.2 Å². The van der Waals surface area contributed by atoms with Crippen molar-refractivity contribution in [2.75, 3.05) is 10.9 Å². The summed E-state index contributed by atoms with van der Waals surface area (Å²) in [5.74, 6) is 4.24. The van der Waals surface area contributed by atoms with Crippen molar-refractivity contribution >= 4 is 23.2 Å². The minimum atomic E-state index is -0.726. The van der Waals surface area contributed by atoms with Gasteiger partial charge in [0.2, 0.25) is 11.6 Å². The lowest BCUT2D eigenvalue weighted by Crippen LogP contribution is -2.30. The molecule has 2 rings (SSSR count). The number of hydrazine groups is 2. The Labute approximate surface area is 117 Å². The fourth-order valence-electron chi connectivity index (χ4n) is 1.44. The van der Waals surface area contributed by atoms with E-state index in [-0.39, 0.29) is 11.6 Å². The van der Waals surface area contributed by atoms with Gasteiger partial charge in [0.15, 0.2) is 0 Å². The van der Waals surface area contributed by atoms with Crippen LogP contribution in [0.5, 0.6) is 0 Å². The van der Waals surface area contributed by atoms with Crippen molar-refractivity contribution in [1.29, 1.82) is 0 Å². The van der Waals surface area contributed by atoms with Crippen molar-refractivity contribution in [3.63, 3.8) is 0 Å². The van der Waals surface area contributed by atoms with Crippen molar-refractivity contribution in [2.24, 2.45) is 5.84 Å². The number of nitrogens with one attached hydrogen (secondary N) is 3. The molecular formula is C10H10N8O3. The molecule has 0 saturated heterocycles. The lowest BCUT2D eigenvalue weighted by molar-refractivity contribution is -0.383. The average Bonchev–Trinajstić information content (AvgIpc) is 2.52. The van der Waals surface area contributed by atoms with E-state index in [0.717, 1.165) is 6.33 Å². The zero-order valence-corrected chi connectivity index (χ0v) is 10.5. The molecule has 5 N–H and O–H groups in total. The number of hydrogen-bond acceptors (Lipinski definition) is 9. The van der Waals surface area contributed by atoms with Crippen LogP contribution in [0.3, 0.4) is 0 Å². The van der Waals surface area contributed by atoms with Gasteiger partial charge in [-0.2, -0.15) is 0 Å². The van der Waals surface area contributed by atoms with E-state index in [9.17, 15) is 14.9 Å². The molecule has 21 heavy (non-hydrogen) atoms. The zero-order chi connectivity index (χ0) is 15.2. The van der Waals surface area contributed by atoms with E-state index >= 15 is 0 Å². The second kappa shape index (κ2) is 6.21. The molecule has 2 aromatic heterocycles. The van der Waals surface area contributed by atoms with Gasteiger partial charge in [-0.05, 0) is 12.1 Å². The number of carbonyl (C=O) groups is 1. The van der Waals surface area contributed by atoms with Crippen LogP contribution in [0.25, 0.3) is 0 Å². The van der Waals surface area contributed by atoms with Crippen molar-refractivity contribution in [1.82, 2.24) is 20.4 Å². The van der Waals surface area contributed by atoms with Crippen LogP contribution in [-0.2, 0) is 0 Å². The summed E-state index contributed by atoms with van der Waals surface area (Å²) in [6.07, 6.45) is 3.94. The van der Waals surface area contributed by atoms with Gasteiger partial charge in [-0.3, -0.25) is 30.7 Å². The highest BCUT2D eigenvalue weighted by Gasteiger charge is 2.22. The Kier molecular flexibility index (Phi) is 4.16. The van der Waals surface area contributed by atoms with E-state index in [0.29, 0.717) is 5.56 Å². The van der Waals surface area contributed by atoms with Crippen LogP contribution in [0.4, 0.5) is 17.3 Å². The maximum Gasteiger partial charge on any atom is 0.356 e. The van der Waals surface area contributed by atoms with E-state index in [1.807, 2.05) is 0 Å². The Bertz CT molecular complexity index is 663. The van der Waals surface area contributed by atoms with Gasteiger partial charge in [-0.15, -0.1) is 0 Å². The van der Waals surface area contributed by atoms with E-state index in [1.54, 1.807) is 0 Å². The Hall–Kier alpha value is -3.34. The molecule has 0 aromatic carbocycles. The molecule has 0 radical (unpaired) electrons. The van der Waals surface area contributed by atoms with E-state index in [1.165, 1.54) is 24.5 Å². The molecule has 0 bridgehead atoms. The van der Waals surface area contributed by atoms with Crippen LogP contribution in [0.2, 0.25) is 0 Å². The first kappa shape index (κ1) is 14.1. The maximum atomic E-state index is 11.8. The standard InChI is InChI=1S/C10H10N8O3/c11-15-8-7(18(20)21)9(14-5-13-8)16-17-10(19)6-1-3-12-4-2-6/h1-5H,11H2,(H,17,19)(H2,13,14,15,16). The molecule has 0 unspecified atom stereocenters. The third kappa shape index (κ3) is 3.16. The number of nitrogens with two attached hydrogens (primary N) is 1. The van der Waals surface area contributed by atoms with Crippen LogP contribution >= 0.6 is 0 Å². The summed E-state index contributed by atoms with van der Waals surface area (Å²) in [6, 6.07) is 2.97. The maximum absolute atomic E-state index is 11.8. The first-order valence-electron chi connectivity index (χ1n) is 5.56. The first-order valence-corrected chi connectivity index (χ1v) is 5.56. The summed E-state index contributed by atoms with van der Waals surface area (Å²) < 4.78 is 0. The van der Waals surface area contributed by atoms with Crippen LogP contribution in [-0.4, -0.2) is 25.8 Å². The molecule has 0 aliphatic heterocycles. The van der Waals surface area contributed by atoms with E-state index < -0.39 is 16.5 Å². The van der Waals surface area contributed by atoms with E-state index in [4.69, 9.17) is 5.84 Å². The first-order chi connectivity index (χ1) is 10.1. The number of rotatable bonds is 5. The topological polar surface area (TPSA) is 161 Å². The highest BCUT2D eigenvalue weighted by Crippen LogP contribution is 2.27.